The summed E-state index contributed by atoms with van der Waals surface area (Å²) in [5, 5.41) is 11.4. The molecule has 32 heavy (non-hydrogen) atoms. The number of nitrogens with zero attached hydrogens (tertiary/aromatic N) is 2. The SMILES string of the molecule is O=C1C(=O)N(c2nc3ccccc3[nH]2)C(c2ccccc2F)/C1=C(\O)c1ccc(Cl)cc1. The van der Waals surface area contributed by atoms with E-state index in [-0.39, 0.29) is 22.6 Å². The Kier molecular flexibility index (Phi) is 4.75. The van der Waals surface area contributed by atoms with E-state index in [9.17, 15) is 19.1 Å². The number of halogens is 2. The molecule has 1 aliphatic rings. The van der Waals surface area contributed by atoms with E-state index in [1.165, 1.54) is 30.3 Å². The Morgan fingerprint density at radius 3 is 2.41 bits per heavy atom. The number of H-pyrrole nitrogens is 1. The van der Waals surface area contributed by atoms with Crippen LogP contribution in [0.4, 0.5) is 10.3 Å². The third-order valence-corrected chi connectivity index (χ3v) is 5.62. The van der Waals surface area contributed by atoms with Crippen LogP contribution < -0.4 is 4.90 Å². The smallest absolute Gasteiger partial charge is 0.302 e. The first-order valence-corrected chi connectivity index (χ1v) is 10.1. The number of hydrogen-bond acceptors (Lipinski definition) is 4. The van der Waals surface area contributed by atoms with E-state index >= 15 is 0 Å². The van der Waals surface area contributed by atoms with Crippen LogP contribution in [0, 0.1) is 5.82 Å². The fourth-order valence-electron chi connectivity index (χ4n) is 3.86. The van der Waals surface area contributed by atoms with Crippen LogP contribution in [0.2, 0.25) is 5.02 Å². The standard InChI is InChI=1S/C24H15ClFN3O3/c25-14-11-9-13(10-12-14)21(30)19-20(15-5-1-2-6-16(15)26)29(23(32)22(19)31)24-27-17-7-3-4-8-18(17)28-24/h1-12,20,30H,(H,27,28)/b21-19+. The largest absolute Gasteiger partial charge is 0.507 e. The molecule has 0 saturated carbocycles. The minimum atomic E-state index is -1.22. The molecule has 5 rings (SSSR count). The molecular weight excluding hydrogens is 433 g/mol. The van der Waals surface area contributed by atoms with Crippen LogP contribution in [0.5, 0.6) is 0 Å². The molecule has 1 atom stereocenters. The van der Waals surface area contributed by atoms with Gasteiger partial charge in [0.15, 0.2) is 0 Å². The number of para-hydroxylation sites is 2. The number of ketones is 1. The molecule has 1 saturated heterocycles. The topological polar surface area (TPSA) is 86.3 Å². The maximum Gasteiger partial charge on any atom is 0.302 e. The van der Waals surface area contributed by atoms with Crippen molar-refractivity contribution in [1.82, 2.24) is 9.97 Å². The molecule has 1 amide bonds. The van der Waals surface area contributed by atoms with E-state index in [4.69, 9.17) is 11.6 Å². The number of aromatic nitrogens is 2. The number of fused-ring (bicyclic) bond motifs is 1. The van der Waals surface area contributed by atoms with Crippen LogP contribution in [0.1, 0.15) is 17.2 Å². The number of aromatic amines is 1. The number of nitrogens with one attached hydrogen (secondary N) is 1. The number of aliphatic hydroxyl groups excluding tert-OH is 1. The average molecular weight is 448 g/mol. The van der Waals surface area contributed by atoms with Gasteiger partial charge >= 0.3 is 5.91 Å². The van der Waals surface area contributed by atoms with Crippen molar-refractivity contribution in [3.8, 4) is 0 Å². The zero-order valence-corrected chi connectivity index (χ0v) is 17.2. The van der Waals surface area contributed by atoms with Gasteiger partial charge in [-0.25, -0.2) is 9.37 Å². The van der Waals surface area contributed by atoms with Crippen molar-refractivity contribution in [3.63, 3.8) is 0 Å². The Morgan fingerprint density at radius 2 is 1.69 bits per heavy atom. The molecule has 6 nitrogen and oxygen atoms in total. The van der Waals surface area contributed by atoms with Crippen LogP contribution in [0.25, 0.3) is 16.8 Å². The average Bonchev–Trinajstić information content (AvgIpc) is 3.33. The van der Waals surface area contributed by atoms with Crippen LogP contribution in [0.15, 0.2) is 78.4 Å². The van der Waals surface area contributed by atoms with Crippen molar-refractivity contribution in [2.24, 2.45) is 0 Å². The highest BCUT2D eigenvalue weighted by Gasteiger charge is 2.49. The van der Waals surface area contributed by atoms with Gasteiger partial charge in [-0.2, -0.15) is 0 Å². The molecule has 4 aromatic rings. The number of carbonyl (C=O) groups excluding carboxylic acids is 2. The number of rotatable bonds is 3. The molecule has 0 aliphatic carbocycles. The molecule has 1 unspecified atom stereocenters. The van der Waals surface area contributed by atoms with E-state index in [1.807, 2.05) is 0 Å². The monoisotopic (exact) mass is 447 g/mol. The van der Waals surface area contributed by atoms with E-state index in [2.05, 4.69) is 9.97 Å². The Hall–Kier alpha value is -3.97. The van der Waals surface area contributed by atoms with Gasteiger partial charge in [-0.15, -0.1) is 0 Å². The lowest BCUT2D eigenvalue weighted by Crippen LogP contribution is -2.30. The minimum Gasteiger partial charge on any atom is -0.507 e. The number of imidazole rings is 1. The summed E-state index contributed by atoms with van der Waals surface area (Å²) in [7, 11) is 0. The lowest BCUT2D eigenvalue weighted by Gasteiger charge is -2.23. The second-order valence-corrected chi connectivity index (χ2v) is 7.71. The van der Waals surface area contributed by atoms with Crippen LogP contribution >= 0.6 is 11.6 Å². The number of aliphatic hydroxyl groups is 1. The molecule has 2 heterocycles. The lowest BCUT2D eigenvalue weighted by atomic mass is 9.95. The molecule has 0 radical (unpaired) electrons. The maximum atomic E-state index is 14.9. The van der Waals surface area contributed by atoms with Crippen molar-refractivity contribution >= 4 is 46.0 Å². The molecule has 3 aromatic carbocycles. The quantitative estimate of drug-likeness (QED) is 0.263. The van der Waals surface area contributed by atoms with E-state index in [1.54, 1.807) is 42.5 Å². The van der Waals surface area contributed by atoms with Crippen molar-refractivity contribution in [2.75, 3.05) is 4.90 Å². The maximum absolute atomic E-state index is 14.9. The van der Waals surface area contributed by atoms with Crippen molar-refractivity contribution in [3.05, 3.63) is 100 Å². The number of carbonyl (C=O) groups is 2. The molecule has 1 aliphatic heterocycles. The molecule has 8 heteroatoms. The first-order valence-electron chi connectivity index (χ1n) is 9.72. The zero-order valence-electron chi connectivity index (χ0n) is 16.4. The Morgan fingerprint density at radius 1 is 1.00 bits per heavy atom. The van der Waals surface area contributed by atoms with Gasteiger partial charge in [-0.3, -0.25) is 14.5 Å². The summed E-state index contributed by atoms with van der Waals surface area (Å²) in [4.78, 5) is 34.7. The van der Waals surface area contributed by atoms with Gasteiger partial charge in [0.05, 0.1) is 16.6 Å². The van der Waals surface area contributed by atoms with Gasteiger partial charge in [0.1, 0.15) is 17.6 Å². The predicted octanol–water partition coefficient (Wildman–Crippen LogP) is 4.98. The van der Waals surface area contributed by atoms with Crippen LogP contribution in [-0.4, -0.2) is 26.8 Å². The summed E-state index contributed by atoms with van der Waals surface area (Å²) < 4.78 is 14.9. The highest BCUT2D eigenvalue weighted by atomic mass is 35.5. The highest BCUT2D eigenvalue weighted by Crippen LogP contribution is 2.42. The molecular formula is C24H15ClFN3O3. The van der Waals surface area contributed by atoms with Gasteiger partial charge in [-0.1, -0.05) is 41.9 Å². The van der Waals surface area contributed by atoms with Crippen molar-refractivity contribution in [2.45, 2.75) is 6.04 Å². The third-order valence-electron chi connectivity index (χ3n) is 5.37. The van der Waals surface area contributed by atoms with Gasteiger partial charge < -0.3 is 10.1 Å². The molecule has 0 spiro atoms. The summed E-state index contributed by atoms with van der Waals surface area (Å²) in [5.41, 5.74) is 1.33. The Bertz CT molecular complexity index is 1380. The fraction of sp³-hybridized carbons (Fsp3) is 0.0417. The highest BCUT2D eigenvalue weighted by molar-refractivity contribution is 6.51. The van der Waals surface area contributed by atoms with Crippen molar-refractivity contribution < 1.29 is 19.1 Å². The first-order chi connectivity index (χ1) is 15.5. The summed E-state index contributed by atoms with van der Waals surface area (Å²) in [5.74, 6) is -2.83. The molecule has 1 fully saturated rings. The number of Topliss-reactive ketones (excluding diaryl/α,β-unsaturated/α-hetero) is 1. The van der Waals surface area contributed by atoms with E-state index < -0.39 is 29.3 Å². The van der Waals surface area contributed by atoms with Gasteiger partial charge in [-0.05, 0) is 42.5 Å². The molecule has 158 valence electrons. The molecule has 1 aromatic heterocycles. The summed E-state index contributed by atoms with van der Waals surface area (Å²) in [6, 6.07) is 17.8. The Labute approximate surface area is 186 Å². The minimum absolute atomic E-state index is 0.0580. The molecule has 0 bridgehead atoms. The third kappa shape index (κ3) is 3.14. The second-order valence-electron chi connectivity index (χ2n) is 7.28. The van der Waals surface area contributed by atoms with E-state index in [0.29, 0.717) is 16.1 Å². The Balaban J connectivity index is 1.75. The second kappa shape index (κ2) is 7.62. The first kappa shape index (κ1) is 20.0. The number of amides is 1. The predicted molar refractivity (Wildman–Crippen MR) is 119 cm³/mol. The van der Waals surface area contributed by atoms with Gasteiger partial charge in [0.2, 0.25) is 5.95 Å². The van der Waals surface area contributed by atoms with Crippen LogP contribution in [0.3, 0.4) is 0 Å². The number of anilines is 1. The van der Waals surface area contributed by atoms with E-state index in [0.717, 1.165) is 4.90 Å². The lowest BCUT2D eigenvalue weighted by molar-refractivity contribution is -0.132. The van der Waals surface area contributed by atoms with Gasteiger partial charge in [0.25, 0.3) is 5.78 Å². The number of hydrogen-bond donors (Lipinski definition) is 2. The van der Waals surface area contributed by atoms with Crippen LogP contribution in [-0.2, 0) is 9.59 Å². The fourth-order valence-corrected chi connectivity index (χ4v) is 3.98. The van der Waals surface area contributed by atoms with Crippen molar-refractivity contribution in [1.29, 1.82) is 0 Å². The zero-order chi connectivity index (χ0) is 22.4. The molecule has 2 N–H and O–H groups in total. The normalized spacial score (nSPS) is 17.9. The summed E-state index contributed by atoms with van der Waals surface area (Å²) in [6.45, 7) is 0. The van der Waals surface area contributed by atoms with Gasteiger partial charge in [0, 0.05) is 16.1 Å². The summed E-state index contributed by atoms with van der Waals surface area (Å²) in [6.07, 6.45) is 0. The number of benzene rings is 3. The summed E-state index contributed by atoms with van der Waals surface area (Å²) >= 11 is 5.93.